The first-order chi connectivity index (χ1) is 9.47. The van der Waals surface area contributed by atoms with Gasteiger partial charge in [-0.25, -0.2) is 9.18 Å². The van der Waals surface area contributed by atoms with Gasteiger partial charge >= 0.3 is 11.7 Å². The normalized spacial score (nSPS) is 10.1. The molecule has 0 aliphatic rings. The summed E-state index contributed by atoms with van der Waals surface area (Å²) in [5.41, 5.74) is -0.521. The maximum absolute atomic E-state index is 12.8. The van der Waals surface area contributed by atoms with E-state index in [0.29, 0.717) is 0 Å². The summed E-state index contributed by atoms with van der Waals surface area (Å²) in [5.74, 6) is -1.77. The molecule has 2 aromatic carbocycles. The van der Waals surface area contributed by atoms with Crippen LogP contribution in [-0.2, 0) is 0 Å². The Balaban J connectivity index is 2.41. The fraction of sp³-hybridized carbons (Fsp3) is 0. The predicted molar refractivity (Wildman–Crippen MR) is 66.5 cm³/mol. The van der Waals surface area contributed by atoms with Crippen LogP contribution in [0.4, 0.5) is 10.1 Å². The molecule has 0 unspecified atom stereocenters. The van der Waals surface area contributed by atoms with Gasteiger partial charge in [0.1, 0.15) is 11.6 Å². The number of nitro benzene ring substituents is 1. The Morgan fingerprint density at radius 3 is 2.40 bits per heavy atom. The summed E-state index contributed by atoms with van der Waals surface area (Å²) in [6.07, 6.45) is 0. The van der Waals surface area contributed by atoms with Crippen LogP contribution >= 0.6 is 0 Å². The van der Waals surface area contributed by atoms with Crippen molar-refractivity contribution >= 4 is 11.7 Å². The van der Waals surface area contributed by atoms with Gasteiger partial charge in [0.15, 0.2) is 0 Å². The van der Waals surface area contributed by atoms with Crippen molar-refractivity contribution in [1.82, 2.24) is 0 Å². The lowest BCUT2D eigenvalue weighted by atomic mass is 10.2. The smallest absolute Gasteiger partial charge is 0.335 e. The van der Waals surface area contributed by atoms with Crippen molar-refractivity contribution in [1.29, 1.82) is 0 Å². The standard InChI is InChI=1S/C13H8FNO5/c14-9-2-4-10(5-3-9)20-12-7-8(13(16)17)1-6-11(12)15(18)19/h1-7H,(H,16,17). The van der Waals surface area contributed by atoms with Gasteiger partial charge in [0.05, 0.1) is 10.5 Å². The lowest BCUT2D eigenvalue weighted by Crippen LogP contribution is -1.99. The van der Waals surface area contributed by atoms with Crippen LogP contribution in [0.25, 0.3) is 0 Å². The van der Waals surface area contributed by atoms with Gasteiger partial charge in [-0.2, -0.15) is 0 Å². The second-order valence-electron chi connectivity index (χ2n) is 3.80. The number of carboxylic acid groups (broad SMARTS) is 1. The third-order valence-electron chi connectivity index (χ3n) is 2.44. The van der Waals surface area contributed by atoms with Gasteiger partial charge in [0, 0.05) is 12.1 Å². The molecule has 20 heavy (non-hydrogen) atoms. The first-order valence-corrected chi connectivity index (χ1v) is 5.42. The summed E-state index contributed by atoms with van der Waals surface area (Å²) >= 11 is 0. The number of halogens is 1. The molecule has 0 aliphatic heterocycles. The number of rotatable bonds is 4. The summed E-state index contributed by atoms with van der Waals surface area (Å²) < 4.78 is 18.0. The van der Waals surface area contributed by atoms with Crippen LogP contribution in [0, 0.1) is 15.9 Å². The van der Waals surface area contributed by atoms with Crippen LogP contribution < -0.4 is 4.74 Å². The molecule has 2 aromatic rings. The Labute approximate surface area is 112 Å². The van der Waals surface area contributed by atoms with Crippen molar-refractivity contribution in [2.75, 3.05) is 0 Å². The number of nitro groups is 1. The molecule has 0 saturated heterocycles. The van der Waals surface area contributed by atoms with Crippen LogP contribution in [0.2, 0.25) is 0 Å². The molecule has 7 heteroatoms. The van der Waals surface area contributed by atoms with Crippen molar-refractivity contribution in [2.45, 2.75) is 0 Å². The van der Waals surface area contributed by atoms with E-state index in [9.17, 15) is 19.3 Å². The highest BCUT2D eigenvalue weighted by molar-refractivity contribution is 5.88. The number of carboxylic acids is 1. The van der Waals surface area contributed by atoms with Gasteiger partial charge in [-0.15, -0.1) is 0 Å². The molecule has 0 spiro atoms. The average Bonchev–Trinajstić information content (AvgIpc) is 2.41. The van der Waals surface area contributed by atoms with Gasteiger partial charge in [-0.3, -0.25) is 10.1 Å². The predicted octanol–water partition coefficient (Wildman–Crippen LogP) is 3.22. The number of hydrogen-bond donors (Lipinski definition) is 1. The fourth-order valence-corrected chi connectivity index (χ4v) is 1.51. The summed E-state index contributed by atoms with van der Waals surface area (Å²) in [5, 5.41) is 19.7. The number of nitrogens with zero attached hydrogens (tertiary/aromatic N) is 1. The van der Waals surface area contributed by atoms with Crippen molar-refractivity contribution in [3.8, 4) is 11.5 Å². The van der Waals surface area contributed by atoms with E-state index in [2.05, 4.69) is 0 Å². The first kappa shape index (κ1) is 13.5. The molecule has 102 valence electrons. The minimum atomic E-state index is -1.23. The van der Waals surface area contributed by atoms with E-state index in [0.717, 1.165) is 30.3 Å². The third kappa shape index (κ3) is 2.89. The van der Waals surface area contributed by atoms with Crippen molar-refractivity contribution in [3.63, 3.8) is 0 Å². The summed E-state index contributed by atoms with van der Waals surface area (Å²) in [7, 11) is 0. The number of hydrogen-bond acceptors (Lipinski definition) is 4. The highest BCUT2D eigenvalue weighted by Gasteiger charge is 2.18. The van der Waals surface area contributed by atoms with Crippen LogP contribution in [0.3, 0.4) is 0 Å². The van der Waals surface area contributed by atoms with Crippen molar-refractivity contribution < 1.29 is 24.0 Å². The van der Waals surface area contributed by atoms with Gasteiger partial charge in [0.25, 0.3) is 0 Å². The highest BCUT2D eigenvalue weighted by atomic mass is 19.1. The Kier molecular flexibility index (Phi) is 3.60. The van der Waals surface area contributed by atoms with E-state index < -0.39 is 16.7 Å². The molecule has 0 aromatic heterocycles. The minimum Gasteiger partial charge on any atom is -0.478 e. The molecule has 1 N–H and O–H groups in total. The van der Waals surface area contributed by atoms with Crippen LogP contribution in [0.15, 0.2) is 42.5 Å². The van der Waals surface area contributed by atoms with Gasteiger partial charge in [-0.1, -0.05) is 0 Å². The number of ether oxygens (including phenoxy) is 1. The molecule has 0 amide bonds. The number of aromatic carboxylic acids is 1. The first-order valence-electron chi connectivity index (χ1n) is 5.42. The van der Waals surface area contributed by atoms with Crippen LogP contribution in [0.5, 0.6) is 11.5 Å². The quantitative estimate of drug-likeness (QED) is 0.684. The molecule has 6 nitrogen and oxygen atoms in total. The summed E-state index contributed by atoms with van der Waals surface area (Å²) in [6, 6.07) is 8.02. The van der Waals surface area contributed by atoms with Crippen molar-refractivity contribution in [2.24, 2.45) is 0 Å². The molecular weight excluding hydrogens is 269 g/mol. The van der Waals surface area contributed by atoms with E-state index in [1.165, 1.54) is 12.1 Å². The molecular formula is C13H8FNO5. The molecule has 0 bridgehead atoms. The number of carbonyl (C=O) groups is 1. The molecule has 0 saturated carbocycles. The lowest BCUT2D eigenvalue weighted by molar-refractivity contribution is -0.385. The maximum Gasteiger partial charge on any atom is 0.335 e. The monoisotopic (exact) mass is 277 g/mol. The van der Waals surface area contributed by atoms with E-state index in [1.54, 1.807) is 0 Å². The highest BCUT2D eigenvalue weighted by Crippen LogP contribution is 2.32. The Hall–Kier alpha value is -2.96. The van der Waals surface area contributed by atoms with Crippen LogP contribution in [-0.4, -0.2) is 16.0 Å². The topological polar surface area (TPSA) is 89.7 Å². The number of benzene rings is 2. The Morgan fingerprint density at radius 2 is 1.85 bits per heavy atom. The van der Waals surface area contributed by atoms with Gasteiger partial charge in [-0.05, 0) is 30.3 Å². The van der Waals surface area contributed by atoms with Crippen LogP contribution in [0.1, 0.15) is 10.4 Å². The van der Waals surface area contributed by atoms with Gasteiger partial charge < -0.3 is 9.84 Å². The zero-order valence-corrected chi connectivity index (χ0v) is 9.95. The molecule has 0 radical (unpaired) electrons. The largest absolute Gasteiger partial charge is 0.478 e. The molecule has 0 atom stereocenters. The zero-order chi connectivity index (χ0) is 14.7. The molecule has 0 fully saturated rings. The second kappa shape index (κ2) is 5.35. The minimum absolute atomic E-state index is 0.146. The molecule has 0 heterocycles. The van der Waals surface area contributed by atoms with E-state index in [-0.39, 0.29) is 22.7 Å². The van der Waals surface area contributed by atoms with Crippen molar-refractivity contribution in [3.05, 3.63) is 64.0 Å². The van der Waals surface area contributed by atoms with Gasteiger partial charge in [0.2, 0.25) is 5.75 Å². The molecule has 0 aliphatic carbocycles. The Bertz CT molecular complexity index is 669. The van der Waals surface area contributed by atoms with E-state index in [1.807, 2.05) is 0 Å². The maximum atomic E-state index is 12.8. The zero-order valence-electron chi connectivity index (χ0n) is 9.95. The van der Waals surface area contributed by atoms with E-state index >= 15 is 0 Å². The SMILES string of the molecule is O=C(O)c1ccc([N+](=O)[O-])c(Oc2ccc(F)cc2)c1. The Morgan fingerprint density at radius 1 is 1.20 bits per heavy atom. The fourth-order valence-electron chi connectivity index (χ4n) is 1.51. The second-order valence-corrected chi connectivity index (χ2v) is 3.80. The average molecular weight is 277 g/mol. The lowest BCUT2D eigenvalue weighted by Gasteiger charge is -2.07. The molecule has 2 rings (SSSR count). The van der Waals surface area contributed by atoms with E-state index in [4.69, 9.17) is 9.84 Å². The third-order valence-corrected chi connectivity index (χ3v) is 2.44. The summed E-state index contributed by atoms with van der Waals surface area (Å²) in [4.78, 5) is 21.0. The summed E-state index contributed by atoms with van der Waals surface area (Å²) in [6.45, 7) is 0.